The number of nitrogens with zero attached hydrogens (tertiary/aromatic N) is 3. The molecule has 1 fully saturated rings. The monoisotopic (exact) mass is 497 g/mol. The first kappa shape index (κ1) is 22.5. The fourth-order valence-corrected chi connectivity index (χ4v) is 2.81. The van der Waals surface area contributed by atoms with E-state index in [0.717, 1.165) is 55.9 Å². The van der Waals surface area contributed by atoms with Gasteiger partial charge in [0.2, 0.25) is 0 Å². The van der Waals surface area contributed by atoms with Crippen molar-refractivity contribution in [2.75, 3.05) is 19.7 Å². The molecule has 7 heteroatoms. The van der Waals surface area contributed by atoms with Gasteiger partial charge in [0.15, 0.2) is 5.96 Å². The van der Waals surface area contributed by atoms with Gasteiger partial charge in [0.1, 0.15) is 5.75 Å². The van der Waals surface area contributed by atoms with E-state index in [-0.39, 0.29) is 24.0 Å². The van der Waals surface area contributed by atoms with Gasteiger partial charge in [0.25, 0.3) is 0 Å². The highest BCUT2D eigenvalue weighted by Crippen LogP contribution is 2.30. The molecule has 2 aromatic rings. The Morgan fingerprint density at radius 2 is 2.18 bits per heavy atom. The van der Waals surface area contributed by atoms with Gasteiger partial charge in [-0.3, -0.25) is 4.68 Å². The lowest BCUT2D eigenvalue weighted by molar-refractivity contribution is 0.296. The summed E-state index contributed by atoms with van der Waals surface area (Å²) in [6.45, 7) is 8.20. The Balaban J connectivity index is 0.00000280. The van der Waals surface area contributed by atoms with Crippen LogP contribution in [0.4, 0.5) is 0 Å². The summed E-state index contributed by atoms with van der Waals surface area (Å²) in [6, 6.07) is 8.32. The van der Waals surface area contributed by atoms with Crippen molar-refractivity contribution >= 4 is 29.9 Å². The number of ether oxygens (including phenoxy) is 1. The van der Waals surface area contributed by atoms with E-state index in [1.165, 1.54) is 18.4 Å². The Bertz CT molecular complexity index is 728. The van der Waals surface area contributed by atoms with Crippen LogP contribution in [0.15, 0.2) is 41.7 Å². The highest BCUT2D eigenvalue weighted by Gasteiger charge is 2.22. The predicted octanol–water partition coefficient (Wildman–Crippen LogP) is 3.74. The highest BCUT2D eigenvalue weighted by molar-refractivity contribution is 14.0. The van der Waals surface area contributed by atoms with E-state index in [9.17, 15) is 0 Å². The average Bonchev–Trinajstić information content (AvgIpc) is 3.35. The summed E-state index contributed by atoms with van der Waals surface area (Å²) in [5.74, 6) is 2.56. The molecule has 0 bridgehead atoms. The molecule has 0 atom stereocenters. The number of benzene rings is 1. The van der Waals surface area contributed by atoms with Gasteiger partial charge < -0.3 is 15.4 Å². The number of guanidine groups is 1. The van der Waals surface area contributed by atoms with Crippen molar-refractivity contribution in [3.63, 3.8) is 0 Å². The number of hydrogen-bond acceptors (Lipinski definition) is 3. The van der Waals surface area contributed by atoms with Gasteiger partial charge in [-0.25, -0.2) is 4.99 Å². The van der Waals surface area contributed by atoms with Crippen LogP contribution in [0.5, 0.6) is 5.75 Å². The molecule has 28 heavy (non-hydrogen) atoms. The van der Waals surface area contributed by atoms with Gasteiger partial charge >= 0.3 is 0 Å². The largest absolute Gasteiger partial charge is 0.493 e. The molecule has 1 heterocycles. The molecule has 0 spiro atoms. The van der Waals surface area contributed by atoms with E-state index >= 15 is 0 Å². The molecule has 1 aliphatic carbocycles. The average molecular weight is 497 g/mol. The molecule has 154 valence electrons. The molecule has 0 amide bonds. The Labute approximate surface area is 185 Å². The third-order valence-electron chi connectivity index (χ3n) is 4.56. The molecule has 1 aliphatic rings. The highest BCUT2D eigenvalue weighted by atomic mass is 127. The molecular formula is C21H32IN5O. The van der Waals surface area contributed by atoms with Crippen LogP contribution in [0.1, 0.15) is 37.3 Å². The molecule has 1 aromatic carbocycles. The summed E-state index contributed by atoms with van der Waals surface area (Å²) in [5, 5.41) is 10.9. The zero-order chi connectivity index (χ0) is 18.9. The third kappa shape index (κ3) is 7.69. The zero-order valence-corrected chi connectivity index (χ0v) is 19.2. The quantitative estimate of drug-likeness (QED) is 0.227. The van der Waals surface area contributed by atoms with Crippen LogP contribution in [0.25, 0.3) is 0 Å². The van der Waals surface area contributed by atoms with E-state index in [4.69, 9.17) is 9.73 Å². The van der Waals surface area contributed by atoms with Crippen molar-refractivity contribution in [3.05, 3.63) is 47.8 Å². The van der Waals surface area contributed by atoms with E-state index in [2.05, 4.69) is 47.8 Å². The number of nitrogens with one attached hydrogen (secondary N) is 2. The number of aliphatic imine (C=N–C) groups is 1. The number of aryl methyl sites for hydroxylation is 2. The first-order valence-electron chi connectivity index (χ1n) is 9.96. The first-order chi connectivity index (χ1) is 13.2. The smallest absolute Gasteiger partial charge is 0.191 e. The minimum absolute atomic E-state index is 0. The molecule has 3 rings (SSSR count). The molecule has 0 saturated heterocycles. The van der Waals surface area contributed by atoms with E-state index in [1.54, 1.807) is 0 Å². The predicted molar refractivity (Wildman–Crippen MR) is 124 cm³/mol. The molecule has 0 aliphatic heterocycles. The minimum atomic E-state index is 0. The maximum Gasteiger partial charge on any atom is 0.191 e. The lowest BCUT2D eigenvalue weighted by atomic mass is 10.1. The van der Waals surface area contributed by atoms with E-state index in [1.807, 2.05) is 23.1 Å². The fourth-order valence-electron chi connectivity index (χ4n) is 2.81. The van der Waals surface area contributed by atoms with Crippen LogP contribution in [-0.2, 0) is 13.1 Å². The molecule has 2 N–H and O–H groups in total. The standard InChI is InChI=1S/C21H31N5O.HI/c1-3-22-21(23-10-4-12-26-13-5-11-25-26)24-15-19-9-6-17(2)14-20(19)27-16-18-7-8-18;/h5-6,9,11,13-14,18H,3-4,7-8,10,12,15-16H2,1-2H3,(H2,22,23,24);1H. The van der Waals surface area contributed by atoms with Crippen LogP contribution in [-0.4, -0.2) is 35.4 Å². The fraction of sp³-hybridized carbons (Fsp3) is 0.524. The molecule has 6 nitrogen and oxygen atoms in total. The molecule has 1 saturated carbocycles. The van der Waals surface area contributed by atoms with Crippen LogP contribution < -0.4 is 15.4 Å². The maximum absolute atomic E-state index is 6.05. The lowest BCUT2D eigenvalue weighted by Crippen LogP contribution is -2.38. The summed E-state index contributed by atoms with van der Waals surface area (Å²) < 4.78 is 8.00. The minimum Gasteiger partial charge on any atom is -0.493 e. The zero-order valence-electron chi connectivity index (χ0n) is 16.9. The molecule has 0 radical (unpaired) electrons. The van der Waals surface area contributed by atoms with Crippen molar-refractivity contribution < 1.29 is 4.74 Å². The summed E-state index contributed by atoms with van der Waals surface area (Å²) in [4.78, 5) is 4.74. The van der Waals surface area contributed by atoms with Crippen molar-refractivity contribution in [2.24, 2.45) is 10.9 Å². The topological polar surface area (TPSA) is 63.5 Å². The first-order valence-corrected chi connectivity index (χ1v) is 9.96. The van der Waals surface area contributed by atoms with Crippen LogP contribution in [0, 0.1) is 12.8 Å². The summed E-state index contributed by atoms with van der Waals surface area (Å²) in [7, 11) is 0. The second kappa shape index (κ2) is 11.9. The van der Waals surface area contributed by atoms with E-state index in [0.29, 0.717) is 6.54 Å². The molecular weight excluding hydrogens is 465 g/mol. The lowest BCUT2D eigenvalue weighted by Gasteiger charge is -2.13. The third-order valence-corrected chi connectivity index (χ3v) is 4.56. The van der Waals surface area contributed by atoms with Gasteiger partial charge in [-0.1, -0.05) is 12.1 Å². The van der Waals surface area contributed by atoms with Gasteiger partial charge in [0.05, 0.1) is 13.2 Å². The molecule has 1 aromatic heterocycles. The summed E-state index contributed by atoms with van der Waals surface area (Å²) >= 11 is 0. The van der Waals surface area contributed by atoms with Crippen LogP contribution >= 0.6 is 24.0 Å². The summed E-state index contributed by atoms with van der Waals surface area (Å²) in [5.41, 5.74) is 2.35. The maximum atomic E-state index is 6.05. The Hall–Kier alpha value is -1.77. The SMILES string of the molecule is CCNC(=NCc1ccc(C)cc1OCC1CC1)NCCCn1cccn1.I. The van der Waals surface area contributed by atoms with Crippen molar-refractivity contribution in [2.45, 2.75) is 46.2 Å². The van der Waals surface area contributed by atoms with E-state index < -0.39 is 0 Å². The van der Waals surface area contributed by atoms with Crippen LogP contribution in [0.2, 0.25) is 0 Å². The summed E-state index contributed by atoms with van der Waals surface area (Å²) in [6.07, 6.45) is 7.38. The molecule has 0 unspecified atom stereocenters. The van der Waals surface area contributed by atoms with Crippen LogP contribution in [0.3, 0.4) is 0 Å². The van der Waals surface area contributed by atoms with Crippen molar-refractivity contribution in [3.8, 4) is 5.75 Å². The number of aromatic nitrogens is 2. The van der Waals surface area contributed by atoms with Gasteiger partial charge in [-0.05, 0) is 56.7 Å². The number of rotatable bonds is 10. The normalized spacial score (nSPS) is 13.7. The number of hydrogen-bond donors (Lipinski definition) is 2. The Kier molecular flexibility index (Phi) is 9.60. The van der Waals surface area contributed by atoms with Crippen molar-refractivity contribution in [1.29, 1.82) is 0 Å². The Morgan fingerprint density at radius 3 is 2.89 bits per heavy atom. The van der Waals surface area contributed by atoms with Gasteiger partial charge in [-0.2, -0.15) is 5.10 Å². The number of halogens is 1. The van der Waals surface area contributed by atoms with Crippen molar-refractivity contribution in [1.82, 2.24) is 20.4 Å². The second-order valence-electron chi connectivity index (χ2n) is 7.11. The Morgan fingerprint density at radius 1 is 1.32 bits per heavy atom. The second-order valence-corrected chi connectivity index (χ2v) is 7.11. The van der Waals surface area contributed by atoms with Gasteiger partial charge in [0, 0.05) is 37.6 Å². The van der Waals surface area contributed by atoms with Gasteiger partial charge in [-0.15, -0.1) is 24.0 Å².